The standard InChI is InChI=1S/C34H39NO/c1-34(2,3)29-18-16-27(17-19-29)32(36)13-8-22-35-23-20-28(21-24-35)33-30-11-6-4-9-25(30)14-15-26-10-5-7-12-31(26)33/h4-7,9-12,16-19H,8,13-15,20-24H2,1-3H3. The van der Waals surface area contributed by atoms with Crippen molar-refractivity contribution in [3.05, 3.63) is 112 Å². The summed E-state index contributed by atoms with van der Waals surface area (Å²) >= 11 is 0. The lowest BCUT2D eigenvalue weighted by atomic mass is 9.86. The first-order valence-corrected chi connectivity index (χ1v) is 13.6. The number of fused-ring (bicyclic) bond motifs is 2. The van der Waals surface area contributed by atoms with Crippen LogP contribution in [0, 0.1) is 0 Å². The van der Waals surface area contributed by atoms with Crippen LogP contribution in [0.1, 0.15) is 84.6 Å². The normalized spacial score (nSPS) is 16.3. The zero-order valence-electron chi connectivity index (χ0n) is 22.1. The minimum atomic E-state index is 0.116. The molecule has 3 aromatic rings. The Morgan fingerprint density at radius 1 is 0.750 bits per heavy atom. The smallest absolute Gasteiger partial charge is 0.162 e. The molecule has 0 N–H and O–H groups in total. The van der Waals surface area contributed by atoms with Gasteiger partial charge in [0.15, 0.2) is 5.78 Å². The lowest BCUT2D eigenvalue weighted by Crippen LogP contribution is -2.32. The van der Waals surface area contributed by atoms with Crippen LogP contribution in [0.5, 0.6) is 0 Å². The van der Waals surface area contributed by atoms with Crippen LogP contribution >= 0.6 is 0 Å². The summed E-state index contributed by atoms with van der Waals surface area (Å²) in [5, 5.41) is 0. The highest BCUT2D eigenvalue weighted by atomic mass is 16.1. The van der Waals surface area contributed by atoms with Crippen molar-refractivity contribution >= 4 is 11.4 Å². The maximum atomic E-state index is 12.7. The van der Waals surface area contributed by atoms with Gasteiger partial charge in [-0.05, 0) is 77.5 Å². The molecule has 1 fully saturated rings. The minimum absolute atomic E-state index is 0.116. The van der Waals surface area contributed by atoms with Gasteiger partial charge in [-0.25, -0.2) is 0 Å². The fraction of sp³-hybridized carbons (Fsp3) is 0.382. The van der Waals surface area contributed by atoms with E-state index >= 15 is 0 Å². The van der Waals surface area contributed by atoms with E-state index in [1.807, 2.05) is 12.1 Å². The Kier molecular flexibility index (Phi) is 7.25. The van der Waals surface area contributed by atoms with Crippen LogP contribution in [-0.2, 0) is 18.3 Å². The van der Waals surface area contributed by atoms with Gasteiger partial charge >= 0.3 is 0 Å². The SMILES string of the molecule is CC(C)(C)c1ccc(C(=O)CCCN2CCC(=C3c4ccccc4CCc4ccccc43)CC2)cc1. The molecule has 1 aliphatic heterocycles. The van der Waals surface area contributed by atoms with Crippen molar-refractivity contribution in [1.29, 1.82) is 0 Å². The van der Waals surface area contributed by atoms with Gasteiger partial charge in [-0.1, -0.05) is 99.1 Å². The third-order valence-corrected chi connectivity index (χ3v) is 8.00. The van der Waals surface area contributed by atoms with Gasteiger partial charge in [-0.2, -0.15) is 0 Å². The summed E-state index contributed by atoms with van der Waals surface area (Å²) in [7, 11) is 0. The van der Waals surface area contributed by atoms with Crippen LogP contribution in [0.4, 0.5) is 0 Å². The topological polar surface area (TPSA) is 20.3 Å². The van der Waals surface area contributed by atoms with Crippen molar-refractivity contribution in [3.8, 4) is 0 Å². The summed E-state index contributed by atoms with van der Waals surface area (Å²) in [6.07, 6.45) is 6.00. The monoisotopic (exact) mass is 477 g/mol. The maximum Gasteiger partial charge on any atom is 0.162 e. The summed E-state index contributed by atoms with van der Waals surface area (Å²) < 4.78 is 0. The first-order valence-electron chi connectivity index (χ1n) is 13.6. The lowest BCUT2D eigenvalue weighted by molar-refractivity contribution is 0.0974. The molecule has 3 aromatic carbocycles. The molecule has 1 heterocycles. The van der Waals surface area contributed by atoms with Crippen molar-refractivity contribution in [2.45, 2.75) is 64.7 Å². The number of benzene rings is 3. The van der Waals surface area contributed by atoms with E-state index in [0.717, 1.165) is 57.3 Å². The summed E-state index contributed by atoms with van der Waals surface area (Å²) in [5.74, 6) is 0.266. The molecule has 186 valence electrons. The number of ketones is 1. The summed E-state index contributed by atoms with van der Waals surface area (Å²) in [6, 6.07) is 26.2. The number of carbonyl (C=O) groups is 1. The highest BCUT2D eigenvalue weighted by molar-refractivity contribution is 5.96. The second-order valence-electron chi connectivity index (χ2n) is 11.5. The van der Waals surface area contributed by atoms with Gasteiger partial charge in [-0.3, -0.25) is 4.79 Å². The van der Waals surface area contributed by atoms with Gasteiger partial charge in [0.1, 0.15) is 0 Å². The Morgan fingerprint density at radius 3 is 1.86 bits per heavy atom. The van der Waals surface area contributed by atoms with E-state index in [-0.39, 0.29) is 11.2 Å². The van der Waals surface area contributed by atoms with Crippen molar-refractivity contribution < 1.29 is 4.79 Å². The first-order chi connectivity index (χ1) is 17.4. The number of rotatable bonds is 5. The Morgan fingerprint density at radius 2 is 1.31 bits per heavy atom. The van der Waals surface area contributed by atoms with Crippen molar-refractivity contribution in [2.24, 2.45) is 0 Å². The summed E-state index contributed by atoms with van der Waals surface area (Å²) in [4.78, 5) is 15.3. The third kappa shape index (κ3) is 5.39. The summed E-state index contributed by atoms with van der Waals surface area (Å²) in [5.41, 5.74) is 11.2. The number of likely N-dealkylation sites (tertiary alicyclic amines) is 1. The Hall–Kier alpha value is -2.97. The Labute approximate surface area is 217 Å². The van der Waals surface area contributed by atoms with Crippen LogP contribution in [0.2, 0.25) is 0 Å². The number of hydrogen-bond acceptors (Lipinski definition) is 2. The van der Waals surface area contributed by atoms with E-state index in [2.05, 4.69) is 86.3 Å². The first kappa shape index (κ1) is 24.7. The second kappa shape index (κ2) is 10.6. The molecule has 0 amide bonds. The molecule has 0 saturated carbocycles. The van der Waals surface area contributed by atoms with Gasteiger partial charge < -0.3 is 4.90 Å². The van der Waals surface area contributed by atoms with E-state index in [0.29, 0.717) is 6.42 Å². The average molecular weight is 478 g/mol. The number of nitrogens with zero attached hydrogens (tertiary/aromatic N) is 1. The van der Waals surface area contributed by atoms with Gasteiger partial charge in [0.05, 0.1) is 0 Å². The molecule has 0 radical (unpaired) electrons. The zero-order valence-corrected chi connectivity index (χ0v) is 22.1. The summed E-state index contributed by atoms with van der Waals surface area (Å²) in [6.45, 7) is 9.78. The number of aryl methyl sites for hydroxylation is 2. The van der Waals surface area contributed by atoms with E-state index < -0.39 is 0 Å². The van der Waals surface area contributed by atoms with Crippen LogP contribution in [0.15, 0.2) is 78.4 Å². The van der Waals surface area contributed by atoms with Crippen LogP contribution in [-0.4, -0.2) is 30.3 Å². The molecule has 0 spiro atoms. The highest BCUT2D eigenvalue weighted by Gasteiger charge is 2.24. The van der Waals surface area contributed by atoms with E-state index in [1.54, 1.807) is 5.57 Å². The molecule has 0 aromatic heterocycles. The highest BCUT2D eigenvalue weighted by Crippen LogP contribution is 2.38. The Bertz CT molecular complexity index is 1200. The molecule has 0 atom stereocenters. The fourth-order valence-corrected chi connectivity index (χ4v) is 5.82. The molecular weight excluding hydrogens is 438 g/mol. The molecular formula is C34H39NO. The van der Waals surface area contributed by atoms with E-state index in [1.165, 1.54) is 33.4 Å². The van der Waals surface area contributed by atoms with Gasteiger partial charge in [0.25, 0.3) is 0 Å². The van der Waals surface area contributed by atoms with E-state index in [4.69, 9.17) is 0 Å². The number of carbonyl (C=O) groups excluding carboxylic acids is 1. The molecule has 0 unspecified atom stereocenters. The lowest BCUT2D eigenvalue weighted by Gasteiger charge is -2.30. The van der Waals surface area contributed by atoms with E-state index in [9.17, 15) is 4.79 Å². The van der Waals surface area contributed by atoms with Crippen molar-refractivity contribution in [3.63, 3.8) is 0 Å². The molecule has 1 aliphatic carbocycles. The van der Waals surface area contributed by atoms with Crippen molar-refractivity contribution in [1.82, 2.24) is 4.90 Å². The molecule has 0 bridgehead atoms. The van der Waals surface area contributed by atoms with Gasteiger partial charge in [-0.15, -0.1) is 0 Å². The molecule has 36 heavy (non-hydrogen) atoms. The zero-order chi connectivity index (χ0) is 25.1. The van der Waals surface area contributed by atoms with Crippen LogP contribution < -0.4 is 0 Å². The molecule has 2 heteroatoms. The largest absolute Gasteiger partial charge is 0.303 e. The minimum Gasteiger partial charge on any atom is -0.303 e. The second-order valence-corrected chi connectivity index (χ2v) is 11.5. The van der Waals surface area contributed by atoms with Crippen molar-refractivity contribution in [2.75, 3.05) is 19.6 Å². The quantitative estimate of drug-likeness (QED) is 0.352. The number of Topliss-reactive ketones (excluding diaryl/α,β-unsaturated/α-hetero) is 1. The third-order valence-electron chi connectivity index (χ3n) is 8.00. The maximum absolute atomic E-state index is 12.7. The molecule has 1 saturated heterocycles. The number of hydrogen-bond donors (Lipinski definition) is 0. The van der Waals surface area contributed by atoms with Gasteiger partial charge in [0.2, 0.25) is 0 Å². The van der Waals surface area contributed by atoms with Crippen LogP contribution in [0.25, 0.3) is 5.57 Å². The fourth-order valence-electron chi connectivity index (χ4n) is 5.82. The predicted molar refractivity (Wildman–Crippen MR) is 151 cm³/mol. The molecule has 5 rings (SSSR count). The molecule has 2 aliphatic rings. The predicted octanol–water partition coefficient (Wildman–Crippen LogP) is 7.64. The van der Waals surface area contributed by atoms with Crippen LogP contribution in [0.3, 0.4) is 0 Å². The van der Waals surface area contributed by atoms with Gasteiger partial charge in [0, 0.05) is 25.1 Å². The Balaban J connectivity index is 1.22. The molecule has 2 nitrogen and oxygen atoms in total. The number of piperidine rings is 1. The average Bonchev–Trinajstić information content (AvgIpc) is 3.06.